The molecule has 0 radical (unpaired) electrons. The van der Waals surface area contributed by atoms with Crippen LogP contribution < -0.4 is 10.0 Å². The minimum Gasteiger partial charge on any atom is -0.449 e. The highest BCUT2D eigenvalue weighted by atomic mass is 35.5. The Morgan fingerprint density at radius 2 is 2.19 bits per heavy atom. The highest BCUT2D eigenvalue weighted by Gasteiger charge is 2.32. The van der Waals surface area contributed by atoms with Crippen LogP contribution in [0.15, 0.2) is 35.7 Å². The standard InChI is InChI=1S/C16H18ClN3O6S/c1-3-6-19-27(24,25)13-9-11(4-5-12(13)17)15(22)26-10(2)14(21)20-8-7-18-16(20)23/h3-5,9-10,19H,1,6-8H2,2H3,(H,18,23)/t10-/m1/s1. The third-order valence-corrected chi connectivity index (χ3v) is 5.53. The second-order valence-electron chi connectivity index (χ2n) is 5.56. The van der Waals surface area contributed by atoms with E-state index in [1.54, 1.807) is 0 Å². The van der Waals surface area contributed by atoms with Gasteiger partial charge in [0.25, 0.3) is 5.91 Å². The van der Waals surface area contributed by atoms with Crippen molar-refractivity contribution in [2.75, 3.05) is 19.6 Å². The van der Waals surface area contributed by atoms with E-state index in [2.05, 4.69) is 16.6 Å². The number of carbonyl (C=O) groups excluding carboxylic acids is 3. The SMILES string of the molecule is C=CCNS(=O)(=O)c1cc(C(=O)O[C@H](C)C(=O)N2CCNC2=O)ccc1Cl. The lowest BCUT2D eigenvalue weighted by atomic mass is 10.2. The van der Waals surface area contributed by atoms with Crippen molar-refractivity contribution in [1.82, 2.24) is 14.9 Å². The van der Waals surface area contributed by atoms with Gasteiger partial charge in [0.15, 0.2) is 6.10 Å². The summed E-state index contributed by atoms with van der Waals surface area (Å²) in [6.45, 7) is 5.22. The molecule has 27 heavy (non-hydrogen) atoms. The van der Waals surface area contributed by atoms with Gasteiger partial charge in [-0.3, -0.25) is 9.69 Å². The quantitative estimate of drug-likeness (QED) is 0.504. The molecule has 0 saturated carbocycles. The van der Waals surface area contributed by atoms with E-state index in [4.69, 9.17) is 16.3 Å². The van der Waals surface area contributed by atoms with Crippen LogP contribution in [0.25, 0.3) is 0 Å². The number of sulfonamides is 1. The van der Waals surface area contributed by atoms with Crippen LogP contribution in [0.1, 0.15) is 17.3 Å². The largest absolute Gasteiger partial charge is 0.449 e. The smallest absolute Gasteiger partial charge is 0.338 e. The average molecular weight is 416 g/mol. The molecule has 11 heteroatoms. The molecule has 0 bridgehead atoms. The number of rotatable bonds is 7. The molecule has 3 amide bonds. The summed E-state index contributed by atoms with van der Waals surface area (Å²) in [5.74, 6) is -1.60. The molecular formula is C16H18ClN3O6S. The Hall–Kier alpha value is -2.43. The molecule has 1 aromatic rings. The van der Waals surface area contributed by atoms with Gasteiger partial charge in [-0.2, -0.15) is 0 Å². The van der Waals surface area contributed by atoms with Crippen molar-refractivity contribution in [3.63, 3.8) is 0 Å². The van der Waals surface area contributed by atoms with Gasteiger partial charge >= 0.3 is 12.0 Å². The second-order valence-corrected chi connectivity index (χ2v) is 7.70. The van der Waals surface area contributed by atoms with Gasteiger partial charge in [0.2, 0.25) is 10.0 Å². The van der Waals surface area contributed by atoms with E-state index in [-0.39, 0.29) is 28.6 Å². The second kappa shape index (κ2) is 8.51. The predicted octanol–water partition coefficient (Wildman–Crippen LogP) is 0.901. The molecule has 1 aromatic carbocycles. The summed E-state index contributed by atoms with van der Waals surface area (Å²) in [7, 11) is -3.96. The molecule has 1 heterocycles. The monoisotopic (exact) mass is 415 g/mol. The fraction of sp³-hybridized carbons (Fsp3) is 0.312. The topological polar surface area (TPSA) is 122 Å². The predicted molar refractivity (Wildman–Crippen MR) is 96.8 cm³/mol. The van der Waals surface area contributed by atoms with Crippen molar-refractivity contribution in [3.05, 3.63) is 41.4 Å². The van der Waals surface area contributed by atoms with E-state index < -0.39 is 34.0 Å². The molecule has 0 unspecified atom stereocenters. The zero-order chi connectivity index (χ0) is 20.2. The highest BCUT2D eigenvalue weighted by Crippen LogP contribution is 2.23. The Labute approximate surface area is 161 Å². The molecule has 0 aliphatic carbocycles. The number of amides is 3. The number of carbonyl (C=O) groups is 3. The maximum atomic E-state index is 12.3. The van der Waals surface area contributed by atoms with Crippen molar-refractivity contribution < 1.29 is 27.5 Å². The van der Waals surface area contributed by atoms with Gasteiger partial charge in [-0.05, 0) is 25.1 Å². The average Bonchev–Trinajstić information content (AvgIpc) is 3.05. The summed E-state index contributed by atoms with van der Waals surface area (Å²) in [5, 5.41) is 2.39. The van der Waals surface area contributed by atoms with Crippen LogP contribution in [-0.2, 0) is 19.6 Å². The van der Waals surface area contributed by atoms with Gasteiger partial charge < -0.3 is 10.1 Å². The zero-order valence-electron chi connectivity index (χ0n) is 14.4. The van der Waals surface area contributed by atoms with Crippen molar-refractivity contribution in [1.29, 1.82) is 0 Å². The van der Waals surface area contributed by atoms with E-state index in [0.29, 0.717) is 6.54 Å². The van der Waals surface area contributed by atoms with Crippen molar-refractivity contribution in [2.45, 2.75) is 17.9 Å². The third kappa shape index (κ3) is 4.85. The number of nitrogens with zero attached hydrogens (tertiary/aromatic N) is 1. The Kier molecular flexibility index (Phi) is 6.58. The van der Waals surface area contributed by atoms with Crippen molar-refractivity contribution >= 4 is 39.5 Å². The molecule has 2 N–H and O–H groups in total. The van der Waals surface area contributed by atoms with Gasteiger partial charge in [-0.1, -0.05) is 17.7 Å². The minimum atomic E-state index is -3.96. The van der Waals surface area contributed by atoms with Crippen LogP contribution in [-0.4, -0.2) is 57.0 Å². The number of esters is 1. The number of hydrogen-bond acceptors (Lipinski definition) is 6. The maximum absolute atomic E-state index is 12.3. The van der Waals surface area contributed by atoms with Crippen LogP contribution >= 0.6 is 11.6 Å². The maximum Gasteiger partial charge on any atom is 0.338 e. The highest BCUT2D eigenvalue weighted by molar-refractivity contribution is 7.89. The lowest BCUT2D eigenvalue weighted by molar-refractivity contribution is -0.136. The van der Waals surface area contributed by atoms with E-state index in [1.165, 1.54) is 25.1 Å². The molecule has 0 aromatic heterocycles. The first kappa shape index (κ1) is 20.9. The first-order chi connectivity index (χ1) is 12.7. The molecule has 0 spiro atoms. The molecule has 1 aliphatic heterocycles. The number of urea groups is 1. The third-order valence-electron chi connectivity index (χ3n) is 3.63. The fourth-order valence-electron chi connectivity index (χ4n) is 2.26. The minimum absolute atomic E-state index is 0.0171. The number of nitrogens with one attached hydrogen (secondary N) is 2. The fourth-order valence-corrected chi connectivity index (χ4v) is 3.78. The van der Waals surface area contributed by atoms with E-state index >= 15 is 0 Å². The number of hydrogen-bond donors (Lipinski definition) is 2. The number of imide groups is 1. The molecule has 1 aliphatic rings. The van der Waals surface area contributed by atoms with Gasteiger partial charge in [0, 0.05) is 19.6 Å². The lowest BCUT2D eigenvalue weighted by Gasteiger charge is -2.18. The lowest BCUT2D eigenvalue weighted by Crippen LogP contribution is -2.41. The summed E-state index contributed by atoms with van der Waals surface area (Å²) >= 11 is 5.92. The van der Waals surface area contributed by atoms with Crippen LogP contribution in [0.3, 0.4) is 0 Å². The number of ether oxygens (including phenoxy) is 1. The molecule has 1 saturated heterocycles. The Morgan fingerprint density at radius 1 is 1.48 bits per heavy atom. The van der Waals surface area contributed by atoms with E-state index in [9.17, 15) is 22.8 Å². The summed E-state index contributed by atoms with van der Waals surface area (Å²) in [6, 6.07) is 3.00. The van der Waals surface area contributed by atoms with Gasteiger partial charge in [0.05, 0.1) is 10.6 Å². The van der Waals surface area contributed by atoms with E-state index in [1.807, 2.05) is 0 Å². The van der Waals surface area contributed by atoms with Crippen molar-refractivity contribution in [2.24, 2.45) is 0 Å². The Balaban J connectivity index is 2.17. The van der Waals surface area contributed by atoms with Gasteiger partial charge in [0.1, 0.15) is 4.90 Å². The van der Waals surface area contributed by atoms with Crippen LogP contribution in [0.5, 0.6) is 0 Å². The Morgan fingerprint density at radius 3 is 2.78 bits per heavy atom. The van der Waals surface area contributed by atoms with Gasteiger partial charge in [-0.25, -0.2) is 22.7 Å². The van der Waals surface area contributed by atoms with Gasteiger partial charge in [-0.15, -0.1) is 6.58 Å². The number of benzene rings is 1. The normalized spacial score (nSPS) is 15.2. The molecular weight excluding hydrogens is 398 g/mol. The number of halogens is 1. The first-order valence-electron chi connectivity index (χ1n) is 7.87. The zero-order valence-corrected chi connectivity index (χ0v) is 16.0. The molecule has 2 rings (SSSR count). The van der Waals surface area contributed by atoms with Crippen LogP contribution in [0.4, 0.5) is 4.79 Å². The van der Waals surface area contributed by atoms with Crippen LogP contribution in [0.2, 0.25) is 5.02 Å². The molecule has 146 valence electrons. The Bertz CT molecular complexity index is 886. The first-order valence-corrected chi connectivity index (χ1v) is 9.73. The van der Waals surface area contributed by atoms with Crippen molar-refractivity contribution in [3.8, 4) is 0 Å². The molecule has 1 fully saturated rings. The van der Waals surface area contributed by atoms with Crippen LogP contribution in [0, 0.1) is 0 Å². The van der Waals surface area contributed by atoms with E-state index in [0.717, 1.165) is 11.0 Å². The summed E-state index contributed by atoms with van der Waals surface area (Å²) in [5.41, 5.74) is -0.107. The summed E-state index contributed by atoms with van der Waals surface area (Å²) in [6.07, 6.45) is 0.127. The summed E-state index contributed by atoms with van der Waals surface area (Å²) < 4.78 is 31.8. The summed E-state index contributed by atoms with van der Waals surface area (Å²) in [4.78, 5) is 36.6. The molecule has 1 atom stereocenters. The molecule has 9 nitrogen and oxygen atoms in total.